The first-order valence-electron chi connectivity index (χ1n) is 8.75. The molecule has 5 nitrogen and oxygen atoms in total. The summed E-state index contributed by atoms with van der Waals surface area (Å²) in [4.78, 5) is 19.7. The molecule has 5 heteroatoms. The zero-order chi connectivity index (χ0) is 17.2. The van der Waals surface area contributed by atoms with E-state index < -0.39 is 5.54 Å². The number of ketones is 1. The normalized spacial score (nSPS) is 21.6. The van der Waals surface area contributed by atoms with Gasteiger partial charge in [-0.15, -0.1) is 0 Å². The van der Waals surface area contributed by atoms with E-state index in [1.54, 1.807) is 0 Å². The van der Waals surface area contributed by atoms with Crippen LogP contribution in [0.2, 0.25) is 0 Å². The van der Waals surface area contributed by atoms with Gasteiger partial charge >= 0.3 is 0 Å². The summed E-state index contributed by atoms with van der Waals surface area (Å²) in [6.07, 6.45) is 3.56. The number of carbonyl (C=O) groups excluding carboxylic acids is 1. The molecule has 0 saturated heterocycles. The minimum absolute atomic E-state index is 0.291. The molecule has 128 valence electrons. The van der Waals surface area contributed by atoms with Gasteiger partial charge in [0.15, 0.2) is 11.6 Å². The number of Topliss-reactive ketones (excluding diaryl/α,β-unsaturated/α-hetero) is 1. The van der Waals surface area contributed by atoms with Crippen molar-refractivity contribution in [1.29, 1.82) is 0 Å². The van der Waals surface area contributed by atoms with Crippen LogP contribution in [-0.4, -0.2) is 32.9 Å². The third-order valence-electron chi connectivity index (χ3n) is 5.01. The van der Waals surface area contributed by atoms with Gasteiger partial charge in [-0.25, -0.2) is 4.98 Å². The molecule has 0 bridgehead atoms. The average Bonchev–Trinajstić information content (AvgIpc) is 3.05. The fourth-order valence-electron chi connectivity index (χ4n) is 3.65. The predicted octanol–water partition coefficient (Wildman–Crippen LogP) is 3.40. The number of aromatic nitrogens is 3. The van der Waals surface area contributed by atoms with Gasteiger partial charge in [0.05, 0.1) is 6.54 Å². The summed E-state index contributed by atoms with van der Waals surface area (Å²) in [5.41, 5.74) is 0.533. The Labute approximate surface area is 143 Å². The van der Waals surface area contributed by atoms with Crippen molar-refractivity contribution in [3.8, 4) is 0 Å². The van der Waals surface area contributed by atoms with Gasteiger partial charge in [-0.1, -0.05) is 50.6 Å². The quantitative estimate of drug-likeness (QED) is 0.915. The Morgan fingerprint density at radius 3 is 2.62 bits per heavy atom. The van der Waals surface area contributed by atoms with Gasteiger partial charge in [-0.05, 0) is 25.5 Å². The van der Waals surface area contributed by atoms with Gasteiger partial charge in [0.25, 0.3) is 0 Å². The number of likely N-dealkylation sites (N-methyl/N-ethyl adjacent to an activating group) is 1. The second-order valence-corrected chi connectivity index (χ2v) is 7.01. The molecule has 24 heavy (non-hydrogen) atoms. The second kappa shape index (κ2) is 6.85. The van der Waals surface area contributed by atoms with E-state index in [1.165, 1.54) is 0 Å². The lowest BCUT2D eigenvalue weighted by atomic mass is 9.74. The fourth-order valence-corrected chi connectivity index (χ4v) is 3.65. The van der Waals surface area contributed by atoms with Crippen LogP contribution in [-0.2, 0) is 16.9 Å². The highest BCUT2D eigenvalue weighted by Crippen LogP contribution is 2.39. The first-order chi connectivity index (χ1) is 11.5. The van der Waals surface area contributed by atoms with Crippen LogP contribution in [0.5, 0.6) is 0 Å². The molecular formula is C19H26N4O. The molecule has 1 saturated carbocycles. The van der Waals surface area contributed by atoms with E-state index >= 15 is 0 Å². The van der Waals surface area contributed by atoms with Crippen LogP contribution in [0.25, 0.3) is 0 Å². The minimum atomic E-state index is -0.551. The number of carbonyl (C=O) groups is 1. The third kappa shape index (κ3) is 3.00. The Kier molecular flexibility index (Phi) is 4.81. The Morgan fingerprint density at radius 1 is 1.25 bits per heavy atom. The fraction of sp³-hybridized carbons (Fsp3) is 0.526. The van der Waals surface area contributed by atoms with Crippen molar-refractivity contribution >= 4 is 5.78 Å². The molecule has 1 fully saturated rings. The van der Waals surface area contributed by atoms with Gasteiger partial charge in [-0.2, -0.15) is 5.10 Å². The monoisotopic (exact) mass is 326 g/mol. The molecule has 0 amide bonds. The molecule has 1 unspecified atom stereocenters. The number of H-pyrrole nitrogens is 1. The number of hydrogen-bond acceptors (Lipinski definition) is 4. The average molecular weight is 326 g/mol. The summed E-state index contributed by atoms with van der Waals surface area (Å²) in [6.45, 7) is 4.74. The van der Waals surface area contributed by atoms with Gasteiger partial charge < -0.3 is 0 Å². The molecule has 3 rings (SSSR count). The lowest BCUT2D eigenvalue weighted by Gasteiger charge is -2.43. The number of hydrogen-bond donors (Lipinski definition) is 1. The summed E-state index contributed by atoms with van der Waals surface area (Å²) < 4.78 is 0. The van der Waals surface area contributed by atoms with Gasteiger partial charge in [0.1, 0.15) is 11.4 Å². The summed E-state index contributed by atoms with van der Waals surface area (Å²) in [5.74, 6) is 2.24. The molecule has 1 aliphatic rings. The van der Waals surface area contributed by atoms with Crippen molar-refractivity contribution in [1.82, 2.24) is 20.1 Å². The zero-order valence-corrected chi connectivity index (χ0v) is 14.7. The topological polar surface area (TPSA) is 61.9 Å². The molecule has 1 heterocycles. The van der Waals surface area contributed by atoms with E-state index in [2.05, 4.69) is 46.1 Å². The van der Waals surface area contributed by atoms with E-state index in [0.717, 1.165) is 36.5 Å². The van der Waals surface area contributed by atoms with Crippen LogP contribution >= 0.6 is 0 Å². The van der Waals surface area contributed by atoms with Gasteiger partial charge in [-0.3, -0.25) is 14.8 Å². The maximum absolute atomic E-state index is 13.0. The number of aromatic amines is 1. The molecule has 0 spiro atoms. The number of nitrogens with zero attached hydrogens (tertiary/aromatic N) is 3. The highest BCUT2D eigenvalue weighted by molar-refractivity contribution is 5.90. The summed E-state index contributed by atoms with van der Waals surface area (Å²) in [7, 11) is 2.02. The van der Waals surface area contributed by atoms with Crippen molar-refractivity contribution in [2.45, 2.75) is 57.5 Å². The highest BCUT2D eigenvalue weighted by atomic mass is 16.1. The zero-order valence-electron chi connectivity index (χ0n) is 14.7. The molecule has 1 atom stereocenters. The lowest BCUT2D eigenvalue weighted by Crippen LogP contribution is -2.51. The molecule has 2 aromatic rings. The number of rotatable bonds is 5. The van der Waals surface area contributed by atoms with Crippen LogP contribution in [0.3, 0.4) is 0 Å². The largest absolute Gasteiger partial charge is 0.297 e. The van der Waals surface area contributed by atoms with E-state index in [0.29, 0.717) is 24.7 Å². The molecule has 1 aromatic heterocycles. The first-order valence-corrected chi connectivity index (χ1v) is 8.75. The highest BCUT2D eigenvalue weighted by Gasteiger charge is 2.44. The van der Waals surface area contributed by atoms with Crippen LogP contribution < -0.4 is 0 Å². The molecule has 1 aromatic carbocycles. The maximum Gasteiger partial charge on any atom is 0.157 e. The van der Waals surface area contributed by atoms with Crippen molar-refractivity contribution < 1.29 is 4.79 Å². The van der Waals surface area contributed by atoms with Gasteiger partial charge in [0.2, 0.25) is 0 Å². The first kappa shape index (κ1) is 16.8. The smallest absolute Gasteiger partial charge is 0.157 e. The summed E-state index contributed by atoms with van der Waals surface area (Å²) >= 11 is 0. The van der Waals surface area contributed by atoms with E-state index in [1.807, 2.05) is 25.2 Å². The van der Waals surface area contributed by atoms with Crippen molar-refractivity contribution in [2.24, 2.45) is 0 Å². The van der Waals surface area contributed by atoms with Crippen molar-refractivity contribution in [2.75, 3.05) is 7.05 Å². The van der Waals surface area contributed by atoms with Crippen LogP contribution in [0.4, 0.5) is 0 Å². The molecule has 0 radical (unpaired) electrons. The number of nitrogens with one attached hydrogen (secondary N) is 1. The summed E-state index contributed by atoms with van der Waals surface area (Å²) in [6, 6.07) is 10.2. The van der Waals surface area contributed by atoms with Crippen LogP contribution in [0.1, 0.15) is 62.7 Å². The Balaban J connectivity index is 1.91. The van der Waals surface area contributed by atoms with Crippen molar-refractivity contribution in [3.05, 3.63) is 47.5 Å². The van der Waals surface area contributed by atoms with E-state index in [4.69, 9.17) is 0 Å². The van der Waals surface area contributed by atoms with E-state index in [9.17, 15) is 4.79 Å². The molecule has 0 aliphatic heterocycles. The lowest BCUT2D eigenvalue weighted by molar-refractivity contribution is -0.134. The second-order valence-electron chi connectivity index (χ2n) is 7.01. The molecule has 1 aliphatic carbocycles. The Bertz CT molecular complexity index is 694. The Morgan fingerprint density at radius 2 is 2.00 bits per heavy atom. The minimum Gasteiger partial charge on any atom is -0.297 e. The van der Waals surface area contributed by atoms with E-state index in [-0.39, 0.29) is 0 Å². The maximum atomic E-state index is 13.0. The summed E-state index contributed by atoms with van der Waals surface area (Å²) in [5, 5.41) is 7.31. The predicted molar refractivity (Wildman–Crippen MR) is 93.5 cm³/mol. The van der Waals surface area contributed by atoms with Crippen molar-refractivity contribution in [3.63, 3.8) is 0 Å². The molecule has 1 N–H and O–H groups in total. The molecular weight excluding hydrogens is 300 g/mol. The SMILES string of the molecule is CC(C)c1n[nH]c(CN(C)C2(c3ccccc3)CCCCC2=O)n1. The van der Waals surface area contributed by atoms with Gasteiger partial charge in [0, 0.05) is 12.3 Å². The third-order valence-corrected chi connectivity index (χ3v) is 5.01. The Hall–Kier alpha value is -2.01. The van der Waals surface area contributed by atoms with Crippen LogP contribution in [0, 0.1) is 0 Å². The standard InChI is InChI=1S/C19H26N4O/c1-14(2)18-20-17(21-22-18)13-23(3)19(12-8-7-11-16(19)24)15-9-5-4-6-10-15/h4-6,9-10,14H,7-8,11-13H2,1-3H3,(H,20,21,22). The number of benzene rings is 1. The van der Waals surface area contributed by atoms with Crippen LogP contribution in [0.15, 0.2) is 30.3 Å².